The zero-order valence-electron chi connectivity index (χ0n) is 12.3. The average Bonchev–Trinajstić information content (AvgIpc) is 2.25. The molecule has 0 radical (unpaired) electrons. The van der Waals surface area contributed by atoms with Crippen LogP contribution in [0.2, 0.25) is 0 Å². The number of nitrogens with two attached hydrogens (primary N) is 1. The molecule has 0 bridgehead atoms. The van der Waals surface area contributed by atoms with Crippen molar-refractivity contribution < 1.29 is 4.79 Å². The van der Waals surface area contributed by atoms with Crippen LogP contribution in [0, 0.1) is 20.8 Å². The van der Waals surface area contributed by atoms with Crippen molar-refractivity contribution in [3.05, 3.63) is 34.4 Å². The molecule has 3 nitrogen and oxygen atoms in total. The zero-order chi connectivity index (χ0) is 14.7. The van der Waals surface area contributed by atoms with Crippen LogP contribution in [0.15, 0.2) is 12.1 Å². The molecule has 19 heavy (non-hydrogen) atoms. The lowest BCUT2D eigenvalue weighted by Crippen LogP contribution is -2.38. The van der Waals surface area contributed by atoms with Crippen LogP contribution in [0.25, 0.3) is 0 Å². The summed E-state index contributed by atoms with van der Waals surface area (Å²) in [4.78, 5) is 14.7. The van der Waals surface area contributed by atoms with Gasteiger partial charge in [-0.1, -0.05) is 29.9 Å². The Bertz CT molecular complexity index is 488. The molecule has 0 aliphatic carbocycles. The van der Waals surface area contributed by atoms with Gasteiger partial charge >= 0.3 is 0 Å². The highest BCUT2D eigenvalue weighted by Gasteiger charge is 2.21. The van der Waals surface area contributed by atoms with Crippen LogP contribution in [0.4, 0.5) is 0 Å². The molecular weight excluding hydrogens is 256 g/mol. The molecule has 4 heteroatoms. The van der Waals surface area contributed by atoms with E-state index >= 15 is 0 Å². The van der Waals surface area contributed by atoms with Gasteiger partial charge in [-0.05, 0) is 38.8 Å². The van der Waals surface area contributed by atoms with Crippen molar-refractivity contribution in [3.8, 4) is 0 Å². The molecule has 0 aromatic heterocycles. The van der Waals surface area contributed by atoms with Crippen LogP contribution in [-0.2, 0) is 0 Å². The molecule has 0 fully saturated rings. The van der Waals surface area contributed by atoms with Crippen molar-refractivity contribution in [1.29, 1.82) is 0 Å². The van der Waals surface area contributed by atoms with Crippen LogP contribution in [0.3, 0.4) is 0 Å². The van der Waals surface area contributed by atoms with E-state index in [0.717, 1.165) is 16.7 Å². The third-order valence-corrected chi connectivity index (χ3v) is 3.54. The summed E-state index contributed by atoms with van der Waals surface area (Å²) in [5.74, 6) is 0.0266. The van der Waals surface area contributed by atoms with E-state index < -0.39 is 0 Å². The second-order valence-electron chi connectivity index (χ2n) is 5.21. The van der Waals surface area contributed by atoms with Crippen LogP contribution in [0.5, 0.6) is 0 Å². The fourth-order valence-corrected chi connectivity index (χ4v) is 2.56. The van der Waals surface area contributed by atoms with E-state index in [2.05, 4.69) is 0 Å². The molecule has 0 aliphatic heterocycles. The second kappa shape index (κ2) is 6.15. The summed E-state index contributed by atoms with van der Waals surface area (Å²) >= 11 is 4.90. The Balaban J connectivity index is 3.04. The lowest BCUT2D eigenvalue weighted by Gasteiger charge is -2.26. The van der Waals surface area contributed by atoms with Gasteiger partial charge in [0.1, 0.15) is 0 Å². The fourth-order valence-electron chi connectivity index (χ4n) is 2.32. The summed E-state index contributed by atoms with van der Waals surface area (Å²) in [6, 6.07) is 4.07. The molecule has 0 spiro atoms. The van der Waals surface area contributed by atoms with E-state index in [-0.39, 0.29) is 11.9 Å². The molecule has 1 aromatic carbocycles. The number of aryl methyl sites for hydroxylation is 3. The van der Waals surface area contributed by atoms with Crippen LogP contribution in [0.1, 0.15) is 40.4 Å². The Morgan fingerprint density at radius 2 is 1.79 bits per heavy atom. The van der Waals surface area contributed by atoms with E-state index in [0.29, 0.717) is 11.4 Å². The van der Waals surface area contributed by atoms with Crippen molar-refractivity contribution in [2.45, 2.75) is 40.2 Å². The van der Waals surface area contributed by atoms with Crippen LogP contribution < -0.4 is 5.73 Å². The number of thiocarbonyl (C=S) groups is 1. The number of hydrogen-bond acceptors (Lipinski definition) is 2. The molecule has 2 N–H and O–H groups in total. The van der Waals surface area contributed by atoms with Gasteiger partial charge in [0.05, 0.1) is 4.99 Å². The standard InChI is InChI=1S/C15H22N2OS/c1-9-6-10(2)14(11(3)7-9)15(18)17(5)12(4)8-13(16)19/h6-7,12H,8H2,1-5H3,(H2,16,19). The van der Waals surface area contributed by atoms with Crippen molar-refractivity contribution >= 4 is 23.1 Å². The Hall–Kier alpha value is -1.42. The summed E-state index contributed by atoms with van der Waals surface area (Å²) in [6.45, 7) is 7.93. The molecule has 0 aliphatic rings. The predicted octanol–water partition coefficient (Wildman–Crippen LogP) is 2.75. The van der Waals surface area contributed by atoms with Gasteiger partial charge < -0.3 is 10.6 Å². The Morgan fingerprint density at radius 3 is 2.21 bits per heavy atom. The number of hydrogen-bond donors (Lipinski definition) is 1. The van der Waals surface area contributed by atoms with Gasteiger partial charge in [-0.25, -0.2) is 0 Å². The van der Waals surface area contributed by atoms with Crippen molar-refractivity contribution in [2.24, 2.45) is 5.73 Å². The summed E-state index contributed by atoms with van der Waals surface area (Å²) < 4.78 is 0. The van der Waals surface area contributed by atoms with E-state index in [1.54, 1.807) is 11.9 Å². The first-order valence-corrected chi connectivity index (χ1v) is 6.78. The predicted molar refractivity (Wildman–Crippen MR) is 83.6 cm³/mol. The van der Waals surface area contributed by atoms with E-state index in [4.69, 9.17) is 18.0 Å². The van der Waals surface area contributed by atoms with Gasteiger partial charge in [-0.3, -0.25) is 4.79 Å². The first-order chi connectivity index (χ1) is 8.73. The molecular formula is C15H22N2OS. The molecule has 104 valence electrons. The van der Waals surface area contributed by atoms with Gasteiger partial charge in [0, 0.05) is 25.1 Å². The summed E-state index contributed by atoms with van der Waals surface area (Å²) in [7, 11) is 1.80. The summed E-state index contributed by atoms with van der Waals surface area (Å²) in [5, 5.41) is 0. The summed E-state index contributed by atoms with van der Waals surface area (Å²) in [6.07, 6.45) is 0.543. The molecule has 0 saturated heterocycles. The van der Waals surface area contributed by atoms with E-state index in [1.165, 1.54) is 5.56 Å². The van der Waals surface area contributed by atoms with Crippen LogP contribution in [-0.4, -0.2) is 28.9 Å². The number of nitrogens with zero attached hydrogens (tertiary/aromatic N) is 1. The van der Waals surface area contributed by atoms with Gasteiger partial charge in [-0.15, -0.1) is 0 Å². The number of benzene rings is 1. The quantitative estimate of drug-likeness (QED) is 0.861. The highest BCUT2D eigenvalue weighted by molar-refractivity contribution is 7.80. The topological polar surface area (TPSA) is 46.3 Å². The van der Waals surface area contributed by atoms with Gasteiger partial charge in [0.2, 0.25) is 0 Å². The third kappa shape index (κ3) is 3.77. The second-order valence-corrected chi connectivity index (χ2v) is 5.73. The highest BCUT2D eigenvalue weighted by atomic mass is 32.1. The molecule has 1 rings (SSSR count). The minimum atomic E-state index is 0.00473. The smallest absolute Gasteiger partial charge is 0.254 e. The Labute approximate surface area is 120 Å². The maximum atomic E-state index is 12.6. The number of amides is 1. The highest BCUT2D eigenvalue weighted by Crippen LogP contribution is 2.19. The van der Waals surface area contributed by atoms with Gasteiger partial charge in [-0.2, -0.15) is 0 Å². The lowest BCUT2D eigenvalue weighted by atomic mass is 9.98. The average molecular weight is 278 g/mol. The van der Waals surface area contributed by atoms with Crippen LogP contribution >= 0.6 is 12.2 Å². The van der Waals surface area contributed by atoms with Crippen molar-refractivity contribution in [1.82, 2.24) is 4.90 Å². The lowest BCUT2D eigenvalue weighted by molar-refractivity contribution is 0.0746. The number of carbonyl (C=O) groups excluding carboxylic acids is 1. The normalized spacial score (nSPS) is 12.1. The SMILES string of the molecule is Cc1cc(C)c(C(=O)N(C)C(C)CC(N)=S)c(C)c1. The molecule has 0 heterocycles. The van der Waals surface area contributed by atoms with Crippen molar-refractivity contribution in [2.75, 3.05) is 7.05 Å². The minimum absolute atomic E-state index is 0.00473. The molecule has 1 atom stereocenters. The van der Waals surface area contributed by atoms with E-state index in [1.807, 2.05) is 39.8 Å². The monoisotopic (exact) mass is 278 g/mol. The van der Waals surface area contributed by atoms with Gasteiger partial charge in [0.25, 0.3) is 5.91 Å². The molecule has 1 aromatic rings. The molecule has 1 unspecified atom stereocenters. The van der Waals surface area contributed by atoms with E-state index in [9.17, 15) is 4.79 Å². The first kappa shape index (κ1) is 15.6. The number of carbonyl (C=O) groups is 1. The molecule has 0 saturated carbocycles. The number of rotatable bonds is 4. The molecule has 1 amide bonds. The fraction of sp³-hybridized carbons (Fsp3) is 0.467. The maximum Gasteiger partial charge on any atom is 0.254 e. The minimum Gasteiger partial charge on any atom is -0.393 e. The van der Waals surface area contributed by atoms with Crippen molar-refractivity contribution in [3.63, 3.8) is 0 Å². The Morgan fingerprint density at radius 1 is 1.32 bits per heavy atom. The Kier molecular flexibility index (Phi) is 5.06. The summed E-state index contributed by atoms with van der Waals surface area (Å²) in [5.41, 5.74) is 9.52. The van der Waals surface area contributed by atoms with Gasteiger partial charge in [0.15, 0.2) is 0 Å². The third-order valence-electron chi connectivity index (χ3n) is 3.37. The largest absolute Gasteiger partial charge is 0.393 e. The maximum absolute atomic E-state index is 12.6. The zero-order valence-corrected chi connectivity index (χ0v) is 13.1. The first-order valence-electron chi connectivity index (χ1n) is 6.37.